The first-order chi connectivity index (χ1) is 9.79. The van der Waals surface area contributed by atoms with E-state index in [-0.39, 0.29) is 29.4 Å². The standard InChI is InChI=1S/C13H15NO6S/c1-19-8-5-9(7-10(6-8)21(2,17)18)20-11-3-4-12(15)14-13(11)16/h5-7,11H,3-4H2,1-2H3,(H,14,15,16). The third-order valence-corrected chi connectivity index (χ3v) is 4.08. The third kappa shape index (κ3) is 3.72. The van der Waals surface area contributed by atoms with Crippen molar-refractivity contribution in [3.63, 3.8) is 0 Å². The van der Waals surface area contributed by atoms with Crippen molar-refractivity contribution in [1.29, 1.82) is 0 Å². The first-order valence-corrected chi connectivity index (χ1v) is 8.08. The molecule has 1 saturated heterocycles. The van der Waals surface area contributed by atoms with Crippen LogP contribution in [0.2, 0.25) is 0 Å². The van der Waals surface area contributed by atoms with Gasteiger partial charge in [0.05, 0.1) is 12.0 Å². The molecule has 21 heavy (non-hydrogen) atoms. The van der Waals surface area contributed by atoms with Gasteiger partial charge in [0.25, 0.3) is 5.91 Å². The second-order valence-corrected chi connectivity index (χ2v) is 6.69. The zero-order chi connectivity index (χ0) is 15.6. The van der Waals surface area contributed by atoms with Crippen molar-refractivity contribution < 1.29 is 27.5 Å². The maximum Gasteiger partial charge on any atom is 0.267 e. The molecule has 0 radical (unpaired) electrons. The molecule has 1 unspecified atom stereocenters. The lowest BCUT2D eigenvalue weighted by Crippen LogP contribution is -2.46. The van der Waals surface area contributed by atoms with Crippen molar-refractivity contribution in [2.24, 2.45) is 0 Å². The Kier molecular flexibility index (Phi) is 4.17. The molecule has 0 saturated carbocycles. The summed E-state index contributed by atoms with van der Waals surface area (Å²) in [6, 6.07) is 4.17. The van der Waals surface area contributed by atoms with E-state index in [1.54, 1.807) is 0 Å². The summed E-state index contributed by atoms with van der Waals surface area (Å²) in [7, 11) is -2.04. The Labute approximate surface area is 122 Å². The summed E-state index contributed by atoms with van der Waals surface area (Å²) in [4.78, 5) is 22.7. The van der Waals surface area contributed by atoms with E-state index in [0.29, 0.717) is 5.75 Å². The number of hydrogen-bond donors (Lipinski definition) is 1. The van der Waals surface area contributed by atoms with Gasteiger partial charge in [0.1, 0.15) is 11.5 Å². The lowest BCUT2D eigenvalue weighted by Gasteiger charge is -2.22. The van der Waals surface area contributed by atoms with Crippen LogP contribution in [0.15, 0.2) is 23.1 Å². The summed E-state index contributed by atoms with van der Waals surface area (Å²) in [5.74, 6) is -0.373. The largest absolute Gasteiger partial charge is 0.497 e. The molecule has 7 nitrogen and oxygen atoms in total. The number of methoxy groups -OCH3 is 1. The molecule has 1 fully saturated rings. The van der Waals surface area contributed by atoms with Crippen LogP contribution >= 0.6 is 0 Å². The second-order valence-electron chi connectivity index (χ2n) is 4.67. The zero-order valence-corrected chi connectivity index (χ0v) is 12.4. The van der Waals surface area contributed by atoms with Gasteiger partial charge < -0.3 is 9.47 Å². The molecule has 2 rings (SSSR count). The molecule has 1 aliphatic rings. The summed E-state index contributed by atoms with van der Waals surface area (Å²) >= 11 is 0. The second kappa shape index (κ2) is 5.72. The van der Waals surface area contributed by atoms with E-state index in [0.717, 1.165) is 6.26 Å². The summed E-state index contributed by atoms with van der Waals surface area (Å²) in [6.07, 6.45) is 0.662. The van der Waals surface area contributed by atoms with Crippen molar-refractivity contribution in [3.8, 4) is 11.5 Å². The van der Waals surface area contributed by atoms with Crippen LogP contribution in [0.5, 0.6) is 11.5 Å². The van der Waals surface area contributed by atoms with Crippen molar-refractivity contribution in [2.75, 3.05) is 13.4 Å². The SMILES string of the molecule is COc1cc(OC2CCC(=O)NC2=O)cc(S(C)(=O)=O)c1. The van der Waals surface area contributed by atoms with E-state index in [1.165, 1.54) is 25.3 Å². The first kappa shape index (κ1) is 15.3. The number of carbonyl (C=O) groups excluding carboxylic acids is 2. The number of ether oxygens (including phenoxy) is 2. The quantitative estimate of drug-likeness (QED) is 0.802. The fourth-order valence-corrected chi connectivity index (χ4v) is 2.56. The highest BCUT2D eigenvalue weighted by atomic mass is 32.2. The highest BCUT2D eigenvalue weighted by Crippen LogP contribution is 2.27. The Balaban J connectivity index is 2.27. The predicted octanol–water partition coefficient (Wildman–Crippen LogP) is 0.283. The highest BCUT2D eigenvalue weighted by Gasteiger charge is 2.28. The normalized spacial score (nSPS) is 19.0. The van der Waals surface area contributed by atoms with E-state index in [9.17, 15) is 18.0 Å². The molecule has 1 atom stereocenters. The fourth-order valence-electron chi connectivity index (χ4n) is 1.90. The van der Waals surface area contributed by atoms with Crippen molar-refractivity contribution in [2.45, 2.75) is 23.8 Å². The van der Waals surface area contributed by atoms with Gasteiger partial charge in [0, 0.05) is 25.2 Å². The minimum atomic E-state index is -3.44. The molecule has 114 valence electrons. The maximum atomic E-state index is 11.6. The minimum absolute atomic E-state index is 0.0316. The molecule has 1 aromatic rings. The van der Waals surface area contributed by atoms with Crippen LogP contribution in [0.25, 0.3) is 0 Å². The van der Waals surface area contributed by atoms with Crippen LogP contribution in [0.1, 0.15) is 12.8 Å². The van der Waals surface area contributed by atoms with E-state index >= 15 is 0 Å². The van der Waals surface area contributed by atoms with Gasteiger partial charge in [-0.25, -0.2) is 8.42 Å². The average Bonchev–Trinajstić information content (AvgIpc) is 2.40. The molecule has 1 heterocycles. The molecular weight excluding hydrogens is 298 g/mol. The molecule has 0 spiro atoms. The number of rotatable bonds is 4. The van der Waals surface area contributed by atoms with Gasteiger partial charge in [0.15, 0.2) is 15.9 Å². The molecule has 1 aromatic carbocycles. The van der Waals surface area contributed by atoms with Gasteiger partial charge in [-0.15, -0.1) is 0 Å². The molecule has 1 aliphatic heterocycles. The topological polar surface area (TPSA) is 98.8 Å². The molecule has 0 aliphatic carbocycles. The highest BCUT2D eigenvalue weighted by molar-refractivity contribution is 7.90. The van der Waals surface area contributed by atoms with Gasteiger partial charge in [-0.1, -0.05) is 0 Å². The monoisotopic (exact) mass is 313 g/mol. The lowest BCUT2D eigenvalue weighted by atomic mass is 10.1. The number of benzene rings is 1. The van der Waals surface area contributed by atoms with Crippen LogP contribution < -0.4 is 14.8 Å². The number of sulfone groups is 1. The van der Waals surface area contributed by atoms with E-state index in [4.69, 9.17) is 9.47 Å². The third-order valence-electron chi connectivity index (χ3n) is 2.98. The number of piperidine rings is 1. The summed E-state index contributed by atoms with van der Waals surface area (Å²) in [5, 5.41) is 2.17. The Bertz CT molecular complexity index is 682. The lowest BCUT2D eigenvalue weighted by molar-refractivity contribution is -0.138. The molecule has 2 amide bonds. The van der Waals surface area contributed by atoms with Crippen LogP contribution in [-0.2, 0) is 19.4 Å². The number of amides is 2. The molecule has 0 aromatic heterocycles. The number of imide groups is 1. The van der Waals surface area contributed by atoms with Crippen LogP contribution in [-0.4, -0.2) is 39.7 Å². The molecule has 1 N–H and O–H groups in total. The number of hydrogen-bond acceptors (Lipinski definition) is 6. The predicted molar refractivity (Wildman–Crippen MR) is 72.9 cm³/mol. The van der Waals surface area contributed by atoms with E-state index in [2.05, 4.69) is 5.32 Å². The smallest absolute Gasteiger partial charge is 0.267 e. The summed E-state index contributed by atoms with van der Waals surface area (Å²) in [6.45, 7) is 0. The zero-order valence-electron chi connectivity index (χ0n) is 11.6. The van der Waals surface area contributed by atoms with Gasteiger partial charge >= 0.3 is 0 Å². The molecule has 0 bridgehead atoms. The summed E-state index contributed by atoms with van der Waals surface area (Å²) in [5.41, 5.74) is 0. The van der Waals surface area contributed by atoms with Crippen LogP contribution in [0.4, 0.5) is 0 Å². The van der Waals surface area contributed by atoms with E-state index < -0.39 is 21.8 Å². The summed E-state index contributed by atoms with van der Waals surface area (Å²) < 4.78 is 33.7. The fraction of sp³-hybridized carbons (Fsp3) is 0.385. The van der Waals surface area contributed by atoms with Gasteiger partial charge in [0.2, 0.25) is 5.91 Å². The Hall–Kier alpha value is -2.09. The van der Waals surface area contributed by atoms with Crippen molar-refractivity contribution in [1.82, 2.24) is 5.32 Å². The van der Waals surface area contributed by atoms with E-state index in [1.807, 2.05) is 0 Å². The van der Waals surface area contributed by atoms with Gasteiger partial charge in [-0.3, -0.25) is 14.9 Å². The maximum absolute atomic E-state index is 11.6. The Morgan fingerprint density at radius 1 is 1.19 bits per heavy atom. The first-order valence-electron chi connectivity index (χ1n) is 6.19. The number of nitrogens with one attached hydrogen (secondary N) is 1. The minimum Gasteiger partial charge on any atom is -0.497 e. The van der Waals surface area contributed by atoms with Crippen molar-refractivity contribution in [3.05, 3.63) is 18.2 Å². The van der Waals surface area contributed by atoms with Gasteiger partial charge in [-0.05, 0) is 12.1 Å². The van der Waals surface area contributed by atoms with Crippen molar-refractivity contribution >= 4 is 21.7 Å². The van der Waals surface area contributed by atoms with Gasteiger partial charge in [-0.2, -0.15) is 0 Å². The molecular formula is C13H15NO6S. The number of carbonyl (C=O) groups is 2. The van der Waals surface area contributed by atoms with Crippen LogP contribution in [0, 0.1) is 0 Å². The Morgan fingerprint density at radius 3 is 2.43 bits per heavy atom. The Morgan fingerprint density at radius 2 is 1.86 bits per heavy atom. The molecule has 8 heteroatoms. The van der Waals surface area contributed by atoms with Crippen LogP contribution in [0.3, 0.4) is 0 Å². The average molecular weight is 313 g/mol.